The molecule has 5 heteroatoms. The number of rotatable bonds is 2. The van der Waals surface area contributed by atoms with Crippen LogP contribution in [0.15, 0.2) is 42.5 Å². The number of aromatic nitrogens is 1. The predicted octanol–water partition coefficient (Wildman–Crippen LogP) is 4.00. The van der Waals surface area contributed by atoms with E-state index in [2.05, 4.69) is 10.3 Å². The van der Waals surface area contributed by atoms with Gasteiger partial charge in [0.05, 0.1) is 15.2 Å². The van der Waals surface area contributed by atoms with Crippen molar-refractivity contribution in [1.82, 2.24) is 4.98 Å². The van der Waals surface area contributed by atoms with E-state index in [0.717, 1.165) is 15.2 Å². The molecule has 20 heavy (non-hydrogen) atoms. The summed E-state index contributed by atoms with van der Waals surface area (Å²) in [6.07, 6.45) is 0. The first-order chi connectivity index (χ1) is 9.61. The molecular weight excluding hydrogens is 275 g/mol. The summed E-state index contributed by atoms with van der Waals surface area (Å²) in [7, 11) is 0. The highest BCUT2D eigenvalue weighted by Gasteiger charge is 2.07. The summed E-state index contributed by atoms with van der Waals surface area (Å²) in [6, 6.07) is 11.0. The maximum Gasteiger partial charge on any atom is 0.255 e. The van der Waals surface area contributed by atoms with Crippen LogP contribution >= 0.6 is 11.3 Å². The number of nitrogens with one attached hydrogen (secondary N) is 1. The van der Waals surface area contributed by atoms with Crippen LogP contribution in [0.3, 0.4) is 0 Å². The van der Waals surface area contributed by atoms with E-state index in [1.165, 1.54) is 24.3 Å². The minimum absolute atomic E-state index is 0.267. The molecule has 1 N–H and O–H groups in total. The molecule has 0 aliphatic rings. The fourth-order valence-electron chi connectivity index (χ4n) is 1.92. The summed E-state index contributed by atoms with van der Waals surface area (Å²) < 4.78 is 13.9. The Labute approximate surface area is 119 Å². The number of thiazole rings is 1. The van der Waals surface area contributed by atoms with Gasteiger partial charge in [-0.3, -0.25) is 4.79 Å². The van der Waals surface area contributed by atoms with Crippen LogP contribution in [-0.2, 0) is 0 Å². The molecule has 1 heterocycles. The van der Waals surface area contributed by atoms with E-state index in [9.17, 15) is 9.18 Å². The molecule has 0 aliphatic carbocycles. The van der Waals surface area contributed by atoms with E-state index in [0.29, 0.717) is 11.3 Å². The van der Waals surface area contributed by atoms with Gasteiger partial charge in [-0.15, -0.1) is 11.3 Å². The molecule has 0 bridgehead atoms. The Morgan fingerprint density at radius 1 is 1.20 bits per heavy atom. The second-order valence-electron chi connectivity index (χ2n) is 4.38. The first kappa shape index (κ1) is 12.7. The maximum atomic E-state index is 12.8. The molecule has 0 spiro atoms. The van der Waals surface area contributed by atoms with Gasteiger partial charge in [0.25, 0.3) is 5.91 Å². The third-order valence-electron chi connectivity index (χ3n) is 2.86. The number of aryl methyl sites for hydroxylation is 1. The van der Waals surface area contributed by atoms with Crippen molar-refractivity contribution in [2.45, 2.75) is 6.92 Å². The minimum atomic E-state index is -0.360. The predicted molar refractivity (Wildman–Crippen MR) is 78.7 cm³/mol. The number of nitrogens with zero attached hydrogens (tertiary/aromatic N) is 1. The quantitative estimate of drug-likeness (QED) is 0.773. The smallest absolute Gasteiger partial charge is 0.255 e. The number of benzene rings is 2. The normalized spacial score (nSPS) is 10.7. The van der Waals surface area contributed by atoms with E-state index in [1.54, 1.807) is 11.3 Å². The molecule has 0 unspecified atom stereocenters. The lowest BCUT2D eigenvalue weighted by atomic mass is 10.2. The van der Waals surface area contributed by atoms with E-state index in [1.807, 2.05) is 25.1 Å². The standard InChI is InChI=1S/C15H11FN2OS/c1-9-17-13-8-12(6-7-14(13)20-9)18-15(19)10-2-4-11(16)5-3-10/h2-8H,1H3,(H,18,19). The number of hydrogen-bond donors (Lipinski definition) is 1. The topological polar surface area (TPSA) is 42.0 Å². The third-order valence-corrected chi connectivity index (χ3v) is 3.81. The molecule has 1 aromatic heterocycles. The molecule has 3 nitrogen and oxygen atoms in total. The Kier molecular flexibility index (Phi) is 3.20. The van der Waals surface area contributed by atoms with E-state index in [-0.39, 0.29) is 11.7 Å². The van der Waals surface area contributed by atoms with Crippen molar-refractivity contribution in [1.29, 1.82) is 0 Å². The van der Waals surface area contributed by atoms with Gasteiger partial charge in [-0.2, -0.15) is 0 Å². The lowest BCUT2D eigenvalue weighted by Gasteiger charge is -2.05. The Morgan fingerprint density at radius 3 is 2.70 bits per heavy atom. The summed E-state index contributed by atoms with van der Waals surface area (Å²) in [4.78, 5) is 16.4. The zero-order chi connectivity index (χ0) is 14.1. The highest BCUT2D eigenvalue weighted by atomic mass is 32.1. The molecule has 100 valence electrons. The Hall–Kier alpha value is -2.27. The summed E-state index contributed by atoms with van der Waals surface area (Å²) in [5.74, 6) is -0.628. The summed E-state index contributed by atoms with van der Waals surface area (Å²) in [6.45, 7) is 1.95. The summed E-state index contributed by atoms with van der Waals surface area (Å²) in [5, 5.41) is 3.77. The summed E-state index contributed by atoms with van der Waals surface area (Å²) >= 11 is 1.61. The van der Waals surface area contributed by atoms with Crippen LogP contribution < -0.4 is 5.32 Å². The number of carbonyl (C=O) groups is 1. The van der Waals surface area contributed by atoms with E-state index in [4.69, 9.17) is 0 Å². The van der Waals surface area contributed by atoms with E-state index < -0.39 is 0 Å². The first-order valence-electron chi connectivity index (χ1n) is 6.06. The van der Waals surface area contributed by atoms with Crippen molar-refractivity contribution in [2.75, 3.05) is 5.32 Å². The number of hydrogen-bond acceptors (Lipinski definition) is 3. The molecule has 3 aromatic rings. The zero-order valence-corrected chi connectivity index (χ0v) is 11.5. The van der Waals surface area contributed by atoms with Gasteiger partial charge >= 0.3 is 0 Å². The highest BCUT2D eigenvalue weighted by Crippen LogP contribution is 2.24. The molecule has 0 saturated heterocycles. The lowest BCUT2D eigenvalue weighted by molar-refractivity contribution is 0.102. The molecular formula is C15H11FN2OS. The fourth-order valence-corrected chi connectivity index (χ4v) is 2.73. The van der Waals surface area contributed by atoms with Crippen LogP contribution in [0.4, 0.5) is 10.1 Å². The Bertz CT molecular complexity index is 780. The molecule has 1 amide bonds. The van der Waals surface area contributed by atoms with Crippen molar-refractivity contribution >= 4 is 33.1 Å². The largest absolute Gasteiger partial charge is 0.322 e. The molecule has 3 rings (SSSR count). The van der Waals surface area contributed by atoms with Crippen LogP contribution in [0, 0.1) is 12.7 Å². The van der Waals surface area contributed by atoms with Crippen molar-refractivity contribution in [3.63, 3.8) is 0 Å². The first-order valence-corrected chi connectivity index (χ1v) is 6.87. The van der Waals surface area contributed by atoms with Gasteiger partial charge in [-0.25, -0.2) is 9.37 Å². The monoisotopic (exact) mass is 286 g/mol. The number of amides is 1. The highest BCUT2D eigenvalue weighted by molar-refractivity contribution is 7.18. The Balaban J connectivity index is 1.84. The van der Waals surface area contributed by atoms with E-state index >= 15 is 0 Å². The van der Waals surface area contributed by atoms with Gasteiger partial charge in [0.1, 0.15) is 5.82 Å². The van der Waals surface area contributed by atoms with Gasteiger partial charge in [0, 0.05) is 11.3 Å². The second kappa shape index (κ2) is 5.02. The van der Waals surface area contributed by atoms with Crippen molar-refractivity contribution < 1.29 is 9.18 Å². The van der Waals surface area contributed by atoms with Gasteiger partial charge in [-0.05, 0) is 49.4 Å². The minimum Gasteiger partial charge on any atom is -0.322 e. The number of halogens is 1. The van der Waals surface area contributed by atoms with Gasteiger partial charge in [-0.1, -0.05) is 0 Å². The van der Waals surface area contributed by atoms with Crippen molar-refractivity contribution in [2.24, 2.45) is 0 Å². The maximum absolute atomic E-state index is 12.8. The molecule has 0 aliphatic heterocycles. The Morgan fingerprint density at radius 2 is 1.95 bits per heavy atom. The van der Waals surface area contributed by atoms with Gasteiger partial charge in [0.2, 0.25) is 0 Å². The number of carbonyl (C=O) groups excluding carboxylic acids is 1. The third kappa shape index (κ3) is 2.53. The fraction of sp³-hybridized carbons (Fsp3) is 0.0667. The van der Waals surface area contributed by atoms with Crippen LogP contribution in [0.2, 0.25) is 0 Å². The molecule has 2 aromatic carbocycles. The van der Waals surface area contributed by atoms with Crippen LogP contribution in [0.25, 0.3) is 10.2 Å². The number of anilines is 1. The van der Waals surface area contributed by atoms with Crippen LogP contribution in [0.5, 0.6) is 0 Å². The second-order valence-corrected chi connectivity index (χ2v) is 5.61. The number of fused-ring (bicyclic) bond motifs is 1. The van der Waals surface area contributed by atoms with Crippen LogP contribution in [-0.4, -0.2) is 10.9 Å². The van der Waals surface area contributed by atoms with Gasteiger partial charge < -0.3 is 5.32 Å². The van der Waals surface area contributed by atoms with Crippen LogP contribution in [0.1, 0.15) is 15.4 Å². The average Bonchev–Trinajstić information content (AvgIpc) is 2.78. The van der Waals surface area contributed by atoms with Crippen molar-refractivity contribution in [3.8, 4) is 0 Å². The molecule has 0 radical (unpaired) electrons. The molecule has 0 fully saturated rings. The van der Waals surface area contributed by atoms with Crippen molar-refractivity contribution in [3.05, 3.63) is 58.9 Å². The SMILES string of the molecule is Cc1nc2cc(NC(=O)c3ccc(F)cc3)ccc2s1. The zero-order valence-electron chi connectivity index (χ0n) is 10.7. The molecule has 0 saturated carbocycles. The lowest BCUT2D eigenvalue weighted by Crippen LogP contribution is -2.11. The summed E-state index contributed by atoms with van der Waals surface area (Å²) in [5.41, 5.74) is 1.96. The van der Waals surface area contributed by atoms with Gasteiger partial charge in [0.15, 0.2) is 0 Å². The molecule has 0 atom stereocenters. The average molecular weight is 286 g/mol.